The van der Waals surface area contributed by atoms with E-state index in [2.05, 4.69) is 19.9 Å². The second-order valence-electron chi connectivity index (χ2n) is 4.82. The lowest BCUT2D eigenvalue weighted by molar-refractivity contribution is 0.977. The molecule has 0 aliphatic heterocycles. The second kappa shape index (κ2) is 5.36. The fraction of sp³-hybridized carbons (Fsp3) is 0.0667. The third-order valence-corrected chi connectivity index (χ3v) is 4.46. The molecule has 0 fully saturated rings. The van der Waals surface area contributed by atoms with Gasteiger partial charge in [0.25, 0.3) is 0 Å². The molecular weight excluding hydrogens is 332 g/mol. The van der Waals surface area contributed by atoms with Crippen LogP contribution >= 0.6 is 23.4 Å². The predicted octanol–water partition coefficient (Wildman–Crippen LogP) is 3.30. The molecule has 0 aliphatic carbocycles. The zero-order valence-corrected chi connectivity index (χ0v) is 13.6. The number of anilines is 1. The maximum Gasteiger partial charge on any atom is 0.206 e. The Labute approximate surface area is 140 Å². The number of rotatable bonds is 2. The van der Waals surface area contributed by atoms with E-state index in [4.69, 9.17) is 17.3 Å². The Bertz CT molecular complexity index is 1040. The minimum Gasteiger partial charge on any atom is -0.369 e. The second-order valence-corrected chi connectivity index (χ2v) is 6.00. The number of thioether (sulfide) groups is 1. The van der Waals surface area contributed by atoms with E-state index in [9.17, 15) is 0 Å². The van der Waals surface area contributed by atoms with Gasteiger partial charge in [-0.2, -0.15) is 0 Å². The molecule has 2 N–H and O–H groups in total. The molecule has 0 aliphatic rings. The van der Waals surface area contributed by atoms with Crippen LogP contribution in [0.3, 0.4) is 0 Å². The number of nitrogens with zero attached hydrogens (tertiary/aromatic N) is 5. The summed E-state index contributed by atoms with van der Waals surface area (Å²) < 4.78 is 1.79. The molecule has 4 aromatic heterocycles. The molecule has 0 atom stereocenters. The summed E-state index contributed by atoms with van der Waals surface area (Å²) in [5, 5.41) is 2.09. The largest absolute Gasteiger partial charge is 0.369 e. The Balaban J connectivity index is 2.21. The SMILES string of the molecule is CSc1nccc(-c2c3c(Cl)ccnc3n3c(N)nccc23)n1. The maximum absolute atomic E-state index is 6.45. The molecule has 4 aromatic rings. The highest BCUT2D eigenvalue weighted by molar-refractivity contribution is 7.98. The average Bonchev–Trinajstić information content (AvgIpc) is 2.92. The zero-order valence-electron chi connectivity index (χ0n) is 12.1. The van der Waals surface area contributed by atoms with Crippen LogP contribution in [-0.4, -0.2) is 30.6 Å². The van der Waals surface area contributed by atoms with Crippen LogP contribution in [0.2, 0.25) is 5.02 Å². The van der Waals surface area contributed by atoms with Gasteiger partial charge in [0.2, 0.25) is 5.95 Å². The van der Waals surface area contributed by atoms with Crippen LogP contribution in [0.5, 0.6) is 0 Å². The minimum absolute atomic E-state index is 0.354. The lowest BCUT2D eigenvalue weighted by Gasteiger charge is -2.03. The molecule has 4 rings (SSSR count). The molecule has 0 aromatic carbocycles. The van der Waals surface area contributed by atoms with Crippen LogP contribution in [0.15, 0.2) is 41.9 Å². The number of pyridine rings is 1. The summed E-state index contributed by atoms with van der Waals surface area (Å²) in [6.07, 6.45) is 6.99. The Morgan fingerprint density at radius 3 is 2.70 bits per heavy atom. The first-order valence-electron chi connectivity index (χ1n) is 6.77. The number of hydrogen-bond acceptors (Lipinski definition) is 6. The van der Waals surface area contributed by atoms with Gasteiger partial charge >= 0.3 is 0 Å². The molecule has 6 nitrogen and oxygen atoms in total. The number of nitrogen functional groups attached to an aromatic ring is 1. The monoisotopic (exact) mass is 342 g/mol. The van der Waals surface area contributed by atoms with E-state index in [1.165, 1.54) is 11.8 Å². The van der Waals surface area contributed by atoms with Gasteiger partial charge in [-0.15, -0.1) is 0 Å². The first kappa shape index (κ1) is 14.2. The van der Waals surface area contributed by atoms with Crippen LogP contribution in [0.4, 0.5) is 5.95 Å². The first-order chi connectivity index (χ1) is 11.2. The molecular formula is C15H11ClN6S. The fourth-order valence-corrected chi connectivity index (χ4v) is 3.24. The van der Waals surface area contributed by atoms with Crippen LogP contribution in [0.1, 0.15) is 0 Å². The number of halogens is 1. The Hall–Kier alpha value is -2.38. The summed E-state index contributed by atoms with van der Waals surface area (Å²) in [6, 6.07) is 5.49. The maximum atomic E-state index is 6.45. The summed E-state index contributed by atoms with van der Waals surface area (Å²) >= 11 is 7.93. The van der Waals surface area contributed by atoms with E-state index >= 15 is 0 Å². The highest BCUT2D eigenvalue weighted by atomic mass is 35.5. The molecule has 0 amide bonds. The molecule has 0 saturated carbocycles. The van der Waals surface area contributed by atoms with Gasteiger partial charge in [0.1, 0.15) is 5.65 Å². The highest BCUT2D eigenvalue weighted by Crippen LogP contribution is 2.38. The van der Waals surface area contributed by atoms with Gasteiger partial charge < -0.3 is 5.73 Å². The zero-order chi connectivity index (χ0) is 16.0. The van der Waals surface area contributed by atoms with Gasteiger partial charge in [-0.1, -0.05) is 23.4 Å². The normalized spacial score (nSPS) is 11.4. The van der Waals surface area contributed by atoms with Crippen molar-refractivity contribution in [3.05, 3.63) is 41.8 Å². The number of aromatic nitrogens is 5. The van der Waals surface area contributed by atoms with E-state index in [0.717, 1.165) is 22.2 Å². The van der Waals surface area contributed by atoms with Gasteiger partial charge in [0, 0.05) is 29.5 Å². The molecule has 114 valence electrons. The highest BCUT2D eigenvalue weighted by Gasteiger charge is 2.19. The molecule has 0 spiro atoms. The molecule has 0 bridgehead atoms. The van der Waals surface area contributed by atoms with Crippen molar-refractivity contribution in [3.8, 4) is 11.3 Å². The lowest BCUT2D eigenvalue weighted by atomic mass is 10.1. The average molecular weight is 343 g/mol. The van der Waals surface area contributed by atoms with Gasteiger partial charge in [-0.25, -0.2) is 19.9 Å². The summed E-state index contributed by atoms with van der Waals surface area (Å²) in [4.78, 5) is 17.4. The van der Waals surface area contributed by atoms with Crippen LogP contribution in [-0.2, 0) is 0 Å². The van der Waals surface area contributed by atoms with Crippen molar-refractivity contribution in [2.24, 2.45) is 0 Å². The lowest BCUT2D eigenvalue weighted by Crippen LogP contribution is -1.99. The number of hydrogen-bond donors (Lipinski definition) is 1. The molecule has 0 radical (unpaired) electrons. The molecule has 0 unspecified atom stereocenters. The van der Waals surface area contributed by atoms with Crippen molar-refractivity contribution in [1.82, 2.24) is 24.3 Å². The summed E-state index contributed by atoms with van der Waals surface area (Å²) in [5.41, 5.74) is 9.23. The van der Waals surface area contributed by atoms with Gasteiger partial charge in [0.15, 0.2) is 5.16 Å². The van der Waals surface area contributed by atoms with Crippen molar-refractivity contribution in [1.29, 1.82) is 0 Å². The fourth-order valence-electron chi connectivity index (χ4n) is 2.65. The van der Waals surface area contributed by atoms with E-state index in [0.29, 0.717) is 21.8 Å². The smallest absolute Gasteiger partial charge is 0.206 e. The molecule has 4 heterocycles. The Morgan fingerprint density at radius 2 is 1.87 bits per heavy atom. The van der Waals surface area contributed by atoms with E-state index in [1.54, 1.807) is 29.1 Å². The van der Waals surface area contributed by atoms with Gasteiger partial charge in [0.05, 0.1) is 16.2 Å². The Kier molecular flexibility index (Phi) is 3.32. The van der Waals surface area contributed by atoms with Crippen molar-refractivity contribution < 1.29 is 0 Å². The molecule has 0 saturated heterocycles. The van der Waals surface area contributed by atoms with Gasteiger partial charge in [-0.3, -0.25) is 4.40 Å². The van der Waals surface area contributed by atoms with E-state index in [-0.39, 0.29) is 0 Å². The standard InChI is InChI=1S/C15H11ClN6S/c1-23-15-20-6-3-9(21-15)12-10-4-7-19-14(17)22(10)13-11(12)8(16)2-5-18-13/h2-7H,1H3,(H2,17,19). The Morgan fingerprint density at radius 1 is 1.09 bits per heavy atom. The van der Waals surface area contributed by atoms with E-state index < -0.39 is 0 Å². The van der Waals surface area contributed by atoms with Crippen molar-refractivity contribution in [2.75, 3.05) is 12.0 Å². The molecule has 8 heteroatoms. The summed E-state index contributed by atoms with van der Waals surface area (Å²) in [7, 11) is 0. The van der Waals surface area contributed by atoms with Gasteiger partial charge in [-0.05, 0) is 24.5 Å². The third-order valence-electron chi connectivity index (χ3n) is 3.58. The minimum atomic E-state index is 0.354. The van der Waals surface area contributed by atoms with E-state index in [1.807, 2.05) is 18.4 Å². The van der Waals surface area contributed by atoms with Crippen molar-refractivity contribution in [2.45, 2.75) is 5.16 Å². The van der Waals surface area contributed by atoms with Crippen LogP contribution in [0, 0.1) is 0 Å². The van der Waals surface area contributed by atoms with Crippen molar-refractivity contribution >= 4 is 45.9 Å². The quantitative estimate of drug-likeness (QED) is 0.444. The topological polar surface area (TPSA) is 82.0 Å². The number of fused-ring (bicyclic) bond motifs is 3. The molecule has 23 heavy (non-hydrogen) atoms. The van der Waals surface area contributed by atoms with Crippen molar-refractivity contribution in [3.63, 3.8) is 0 Å². The van der Waals surface area contributed by atoms with Crippen LogP contribution < -0.4 is 5.73 Å². The predicted molar refractivity (Wildman–Crippen MR) is 92.7 cm³/mol. The first-order valence-corrected chi connectivity index (χ1v) is 8.37. The summed E-state index contributed by atoms with van der Waals surface area (Å²) in [5.74, 6) is 0.354. The number of nitrogens with two attached hydrogens (primary N) is 1. The third kappa shape index (κ3) is 2.12. The van der Waals surface area contributed by atoms with Crippen LogP contribution in [0.25, 0.3) is 27.8 Å². The summed E-state index contributed by atoms with van der Waals surface area (Å²) in [6.45, 7) is 0.